The van der Waals surface area contributed by atoms with Crippen LogP contribution in [-0.2, 0) is 6.42 Å². The summed E-state index contributed by atoms with van der Waals surface area (Å²) < 4.78 is 1.12. The minimum atomic E-state index is -0.482. The summed E-state index contributed by atoms with van der Waals surface area (Å²) in [4.78, 5) is 30.0. The summed E-state index contributed by atoms with van der Waals surface area (Å²) in [6.07, 6.45) is 0.612. The lowest BCUT2D eigenvalue weighted by Crippen LogP contribution is -2.30. The largest absolute Gasteiger partial charge is 0.371 e. The molecule has 28 heavy (non-hydrogen) atoms. The molecule has 0 fully saturated rings. The molecular formula is C20H22N4O3S. The third-order valence-corrected chi connectivity index (χ3v) is 5.60. The van der Waals surface area contributed by atoms with Crippen molar-refractivity contribution in [3.8, 4) is 0 Å². The Labute approximate surface area is 167 Å². The number of benzene rings is 2. The Morgan fingerprint density at radius 1 is 1.21 bits per heavy atom. The number of aromatic nitrogens is 1. The van der Waals surface area contributed by atoms with Gasteiger partial charge in [0.15, 0.2) is 0 Å². The maximum absolute atomic E-state index is 12.8. The molecule has 1 N–H and O–H groups in total. The van der Waals surface area contributed by atoms with E-state index < -0.39 is 4.92 Å². The number of hydrogen-bond acceptors (Lipinski definition) is 6. The van der Waals surface area contributed by atoms with Gasteiger partial charge in [0.05, 0.1) is 25.7 Å². The van der Waals surface area contributed by atoms with Gasteiger partial charge in [0.25, 0.3) is 11.6 Å². The van der Waals surface area contributed by atoms with Crippen molar-refractivity contribution in [3.05, 3.63) is 63.1 Å². The number of carbonyl (C=O) groups is 1. The quantitative estimate of drug-likeness (QED) is 0.457. The molecule has 0 unspecified atom stereocenters. The second kappa shape index (κ2) is 8.79. The van der Waals surface area contributed by atoms with E-state index in [2.05, 4.69) is 10.3 Å². The first kappa shape index (κ1) is 19.8. The van der Waals surface area contributed by atoms with Crippen LogP contribution in [0.25, 0.3) is 10.2 Å². The molecule has 1 aromatic heterocycles. The van der Waals surface area contributed by atoms with Gasteiger partial charge in [-0.2, -0.15) is 0 Å². The van der Waals surface area contributed by atoms with E-state index in [0.29, 0.717) is 37.3 Å². The van der Waals surface area contributed by atoms with Crippen LogP contribution in [0.1, 0.15) is 29.2 Å². The lowest BCUT2D eigenvalue weighted by molar-refractivity contribution is -0.384. The lowest BCUT2D eigenvalue weighted by Gasteiger charge is -2.23. The highest BCUT2D eigenvalue weighted by Crippen LogP contribution is 2.26. The molecule has 0 aliphatic carbocycles. The topological polar surface area (TPSA) is 88.4 Å². The van der Waals surface area contributed by atoms with Crippen LogP contribution in [0.3, 0.4) is 0 Å². The number of thiazole rings is 1. The number of nitrogens with zero attached hydrogens (tertiary/aromatic N) is 3. The van der Waals surface area contributed by atoms with Crippen molar-refractivity contribution in [2.24, 2.45) is 0 Å². The van der Waals surface area contributed by atoms with Crippen molar-refractivity contribution in [1.82, 2.24) is 10.3 Å². The van der Waals surface area contributed by atoms with E-state index in [4.69, 9.17) is 0 Å². The number of fused-ring (bicyclic) bond motifs is 1. The average Bonchev–Trinajstić information content (AvgIpc) is 3.11. The number of carbonyl (C=O) groups excluding carboxylic acids is 1. The number of nitro benzene ring substituents is 1. The molecule has 8 heteroatoms. The average molecular weight is 398 g/mol. The van der Waals surface area contributed by atoms with Crippen LogP contribution in [-0.4, -0.2) is 35.4 Å². The number of hydrogen-bond donors (Lipinski definition) is 1. The molecule has 0 saturated carbocycles. The normalized spacial score (nSPS) is 10.8. The zero-order valence-electron chi connectivity index (χ0n) is 15.8. The third-order valence-electron chi connectivity index (χ3n) is 4.50. The Morgan fingerprint density at radius 3 is 2.64 bits per heavy atom. The number of para-hydroxylation sites is 1. The maximum atomic E-state index is 12.8. The molecular weight excluding hydrogens is 376 g/mol. The number of amides is 1. The molecule has 1 amide bonds. The highest BCUT2D eigenvalue weighted by Gasteiger charge is 2.19. The van der Waals surface area contributed by atoms with Gasteiger partial charge in [0, 0.05) is 43.9 Å². The smallest absolute Gasteiger partial charge is 0.270 e. The monoisotopic (exact) mass is 398 g/mol. The second-order valence-corrected chi connectivity index (χ2v) is 7.33. The first-order valence-corrected chi connectivity index (χ1v) is 10.0. The Balaban J connectivity index is 1.74. The van der Waals surface area contributed by atoms with Gasteiger partial charge in [0.1, 0.15) is 0 Å². The summed E-state index contributed by atoms with van der Waals surface area (Å²) in [5, 5.41) is 15.0. The first-order chi connectivity index (χ1) is 13.5. The first-order valence-electron chi connectivity index (χ1n) is 9.19. The van der Waals surface area contributed by atoms with Gasteiger partial charge in [-0.05, 0) is 32.0 Å². The summed E-state index contributed by atoms with van der Waals surface area (Å²) in [6, 6.07) is 12.3. The van der Waals surface area contributed by atoms with Gasteiger partial charge in [-0.25, -0.2) is 4.98 Å². The molecule has 0 spiro atoms. The zero-order chi connectivity index (χ0) is 20.1. The summed E-state index contributed by atoms with van der Waals surface area (Å²) in [7, 11) is 0. The predicted molar refractivity (Wildman–Crippen MR) is 112 cm³/mol. The van der Waals surface area contributed by atoms with Crippen molar-refractivity contribution < 1.29 is 9.72 Å². The Kier molecular flexibility index (Phi) is 6.20. The van der Waals surface area contributed by atoms with Crippen LogP contribution in [0.2, 0.25) is 0 Å². The number of anilines is 1. The number of rotatable bonds is 8. The van der Waals surface area contributed by atoms with E-state index in [1.54, 1.807) is 17.4 Å². The molecule has 0 saturated heterocycles. The standard InChI is InChI=1S/C20H22N4O3S/c1-3-23(4-2)17-10-9-14(24(26)27)13-15(17)20(25)21-12-11-19-22-16-7-5-6-8-18(16)28-19/h5-10,13H,3-4,11-12H2,1-2H3,(H,21,25). The van der Waals surface area contributed by atoms with Crippen LogP contribution < -0.4 is 10.2 Å². The van der Waals surface area contributed by atoms with Gasteiger partial charge in [0.2, 0.25) is 0 Å². The maximum Gasteiger partial charge on any atom is 0.270 e. The summed E-state index contributed by atoms with van der Waals surface area (Å²) in [5.41, 5.74) is 1.89. The van der Waals surface area contributed by atoms with Crippen molar-refractivity contribution >= 4 is 38.8 Å². The highest BCUT2D eigenvalue weighted by atomic mass is 32.1. The van der Waals surface area contributed by atoms with E-state index in [9.17, 15) is 14.9 Å². The van der Waals surface area contributed by atoms with Gasteiger partial charge >= 0.3 is 0 Å². The van der Waals surface area contributed by atoms with E-state index in [-0.39, 0.29) is 11.6 Å². The van der Waals surface area contributed by atoms with Crippen LogP contribution in [0, 0.1) is 10.1 Å². The minimum Gasteiger partial charge on any atom is -0.371 e. The molecule has 0 radical (unpaired) electrons. The predicted octanol–water partition coefficient (Wildman–Crippen LogP) is 4.02. The van der Waals surface area contributed by atoms with Gasteiger partial charge in [-0.15, -0.1) is 11.3 Å². The second-order valence-electron chi connectivity index (χ2n) is 6.21. The van der Waals surface area contributed by atoms with Crippen molar-refractivity contribution in [1.29, 1.82) is 0 Å². The number of non-ortho nitro benzene ring substituents is 1. The summed E-state index contributed by atoms with van der Waals surface area (Å²) in [5.74, 6) is -0.313. The fourth-order valence-corrected chi connectivity index (χ4v) is 4.03. The fourth-order valence-electron chi connectivity index (χ4n) is 3.06. The third kappa shape index (κ3) is 4.28. The highest BCUT2D eigenvalue weighted by molar-refractivity contribution is 7.18. The molecule has 7 nitrogen and oxygen atoms in total. The molecule has 0 aliphatic heterocycles. The minimum absolute atomic E-state index is 0.0905. The van der Waals surface area contributed by atoms with E-state index >= 15 is 0 Å². The Hall–Kier alpha value is -3.00. The zero-order valence-corrected chi connectivity index (χ0v) is 16.7. The van der Waals surface area contributed by atoms with Crippen LogP contribution in [0.15, 0.2) is 42.5 Å². The number of nitro groups is 1. The molecule has 0 atom stereocenters. The Morgan fingerprint density at radius 2 is 1.96 bits per heavy atom. The molecule has 0 bridgehead atoms. The van der Waals surface area contributed by atoms with Crippen molar-refractivity contribution in [3.63, 3.8) is 0 Å². The molecule has 3 aromatic rings. The van der Waals surface area contributed by atoms with E-state index in [1.165, 1.54) is 12.1 Å². The van der Waals surface area contributed by atoms with E-state index in [1.807, 2.05) is 43.0 Å². The molecule has 0 aliphatic rings. The lowest BCUT2D eigenvalue weighted by atomic mass is 10.1. The fraction of sp³-hybridized carbons (Fsp3) is 0.300. The van der Waals surface area contributed by atoms with Crippen LogP contribution in [0.5, 0.6) is 0 Å². The van der Waals surface area contributed by atoms with Crippen LogP contribution in [0.4, 0.5) is 11.4 Å². The molecule has 146 valence electrons. The SMILES string of the molecule is CCN(CC)c1ccc([N+](=O)[O-])cc1C(=O)NCCc1nc2ccccc2s1. The molecule has 3 rings (SSSR count). The van der Waals surface area contributed by atoms with E-state index in [0.717, 1.165) is 15.2 Å². The van der Waals surface area contributed by atoms with Crippen LogP contribution >= 0.6 is 11.3 Å². The molecule has 2 aromatic carbocycles. The number of nitrogens with one attached hydrogen (secondary N) is 1. The van der Waals surface area contributed by atoms with Gasteiger partial charge < -0.3 is 10.2 Å². The summed E-state index contributed by atoms with van der Waals surface area (Å²) >= 11 is 1.61. The van der Waals surface area contributed by atoms with Crippen molar-refractivity contribution in [2.75, 3.05) is 24.5 Å². The van der Waals surface area contributed by atoms with Crippen molar-refractivity contribution in [2.45, 2.75) is 20.3 Å². The molecule has 1 heterocycles. The van der Waals surface area contributed by atoms with Gasteiger partial charge in [-0.1, -0.05) is 12.1 Å². The van der Waals surface area contributed by atoms with Gasteiger partial charge in [-0.3, -0.25) is 14.9 Å². The summed E-state index contributed by atoms with van der Waals surface area (Å²) in [6.45, 7) is 5.80. The Bertz CT molecular complexity index is 965.